The Labute approximate surface area is 130 Å². The molecule has 0 bridgehead atoms. The van der Waals surface area contributed by atoms with Gasteiger partial charge in [0.1, 0.15) is 12.1 Å². The molecule has 0 radical (unpaired) electrons. The van der Waals surface area contributed by atoms with Gasteiger partial charge in [0.25, 0.3) is 0 Å². The average molecular weight is 405 g/mol. The van der Waals surface area contributed by atoms with Gasteiger partial charge in [0.2, 0.25) is 0 Å². The highest BCUT2D eigenvalue weighted by atomic mass is 127. The SMILES string of the molecule is FC(F)(F)Oc1ccc(-c2cc3c(I)cnn3cn2)cc1. The van der Waals surface area contributed by atoms with Crippen LogP contribution in [-0.4, -0.2) is 21.0 Å². The van der Waals surface area contributed by atoms with Crippen LogP contribution in [0.15, 0.2) is 42.9 Å². The van der Waals surface area contributed by atoms with E-state index in [1.807, 2.05) is 6.07 Å². The third-order valence-electron chi connectivity index (χ3n) is 2.75. The molecule has 4 nitrogen and oxygen atoms in total. The van der Waals surface area contributed by atoms with E-state index in [2.05, 4.69) is 37.4 Å². The molecule has 0 aliphatic heterocycles. The largest absolute Gasteiger partial charge is 0.573 e. The summed E-state index contributed by atoms with van der Waals surface area (Å²) in [6, 6.07) is 7.41. The molecule has 1 aromatic carbocycles. The Balaban J connectivity index is 1.93. The first-order valence-corrected chi connectivity index (χ1v) is 6.85. The first kappa shape index (κ1) is 14.1. The molecule has 0 amide bonds. The molecule has 3 rings (SSSR count). The van der Waals surface area contributed by atoms with E-state index in [9.17, 15) is 13.2 Å². The Bertz CT molecular complexity index is 783. The number of hydrogen-bond acceptors (Lipinski definition) is 3. The lowest BCUT2D eigenvalue weighted by atomic mass is 10.1. The van der Waals surface area contributed by atoms with Gasteiger partial charge in [-0.05, 0) is 52.9 Å². The first-order chi connectivity index (χ1) is 9.92. The first-order valence-electron chi connectivity index (χ1n) is 5.77. The van der Waals surface area contributed by atoms with Crippen LogP contribution in [0.3, 0.4) is 0 Å². The number of benzene rings is 1. The molecule has 0 fully saturated rings. The van der Waals surface area contributed by atoms with Crippen LogP contribution in [0.5, 0.6) is 5.75 Å². The van der Waals surface area contributed by atoms with Crippen LogP contribution in [0.1, 0.15) is 0 Å². The zero-order valence-electron chi connectivity index (χ0n) is 10.3. The van der Waals surface area contributed by atoms with Crippen molar-refractivity contribution in [2.24, 2.45) is 0 Å². The lowest BCUT2D eigenvalue weighted by molar-refractivity contribution is -0.274. The maximum atomic E-state index is 12.1. The lowest BCUT2D eigenvalue weighted by Crippen LogP contribution is -2.16. The summed E-state index contributed by atoms with van der Waals surface area (Å²) in [5.41, 5.74) is 2.24. The minimum Gasteiger partial charge on any atom is -0.406 e. The van der Waals surface area contributed by atoms with E-state index in [4.69, 9.17) is 0 Å². The van der Waals surface area contributed by atoms with Crippen molar-refractivity contribution < 1.29 is 17.9 Å². The molecule has 0 saturated carbocycles. The number of ether oxygens (including phenoxy) is 1. The summed E-state index contributed by atoms with van der Waals surface area (Å²) < 4.78 is 42.7. The van der Waals surface area contributed by atoms with Gasteiger partial charge in [-0.1, -0.05) is 0 Å². The van der Waals surface area contributed by atoms with E-state index in [0.717, 1.165) is 9.09 Å². The molecular formula is C13H7F3IN3O. The highest BCUT2D eigenvalue weighted by Gasteiger charge is 2.30. The van der Waals surface area contributed by atoms with Crippen molar-refractivity contribution in [3.63, 3.8) is 0 Å². The molecule has 0 aliphatic carbocycles. The highest BCUT2D eigenvalue weighted by Crippen LogP contribution is 2.26. The predicted molar refractivity (Wildman–Crippen MR) is 77.8 cm³/mol. The molecule has 21 heavy (non-hydrogen) atoms. The van der Waals surface area contributed by atoms with Crippen LogP contribution in [0.2, 0.25) is 0 Å². The zero-order valence-corrected chi connectivity index (χ0v) is 12.5. The normalized spacial score (nSPS) is 11.8. The molecule has 0 unspecified atom stereocenters. The van der Waals surface area contributed by atoms with Crippen LogP contribution in [0.4, 0.5) is 13.2 Å². The monoisotopic (exact) mass is 405 g/mol. The maximum absolute atomic E-state index is 12.1. The molecule has 0 atom stereocenters. The number of alkyl halides is 3. The fraction of sp³-hybridized carbons (Fsp3) is 0.0769. The standard InChI is InChI=1S/C13H7F3IN3O/c14-13(15,16)21-9-3-1-8(2-4-9)11-5-12-10(17)6-19-20(12)7-18-11/h1-7H. The molecule has 0 saturated heterocycles. The number of nitrogens with zero attached hydrogens (tertiary/aromatic N) is 3. The second-order valence-electron chi connectivity index (χ2n) is 4.17. The molecule has 3 aromatic rings. The summed E-state index contributed by atoms with van der Waals surface area (Å²) in [5.74, 6) is -0.258. The molecule has 2 heterocycles. The number of halogens is 4. The second kappa shape index (κ2) is 5.17. The van der Waals surface area contributed by atoms with Gasteiger partial charge in [-0.3, -0.25) is 0 Å². The minimum absolute atomic E-state index is 0.258. The third-order valence-corrected chi connectivity index (χ3v) is 3.58. The summed E-state index contributed by atoms with van der Waals surface area (Å²) in [4.78, 5) is 4.23. The van der Waals surface area contributed by atoms with E-state index >= 15 is 0 Å². The fourth-order valence-corrected chi connectivity index (χ4v) is 2.37. The second-order valence-corrected chi connectivity index (χ2v) is 5.33. The summed E-state index contributed by atoms with van der Waals surface area (Å²) in [5, 5.41) is 4.11. The quantitative estimate of drug-likeness (QED) is 0.608. The Morgan fingerprint density at radius 3 is 2.52 bits per heavy atom. The summed E-state index contributed by atoms with van der Waals surface area (Å²) >= 11 is 2.15. The Morgan fingerprint density at radius 2 is 1.86 bits per heavy atom. The van der Waals surface area contributed by atoms with Crippen molar-refractivity contribution in [3.05, 3.63) is 46.4 Å². The highest BCUT2D eigenvalue weighted by molar-refractivity contribution is 14.1. The molecular weight excluding hydrogens is 398 g/mol. The van der Waals surface area contributed by atoms with Gasteiger partial charge in [0.15, 0.2) is 0 Å². The summed E-state index contributed by atoms with van der Waals surface area (Å²) in [7, 11) is 0. The predicted octanol–water partition coefficient (Wildman–Crippen LogP) is 3.90. The van der Waals surface area contributed by atoms with Gasteiger partial charge in [-0.2, -0.15) is 5.10 Å². The van der Waals surface area contributed by atoms with E-state index in [1.54, 1.807) is 17.0 Å². The Morgan fingerprint density at radius 1 is 1.14 bits per heavy atom. The van der Waals surface area contributed by atoms with Crippen LogP contribution >= 0.6 is 22.6 Å². The molecule has 0 spiro atoms. The van der Waals surface area contributed by atoms with Gasteiger partial charge in [-0.25, -0.2) is 9.50 Å². The van der Waals surface area contributed by atoms with Crippen molar-refractivity contribution in [2.75, 3.05) is 0 Å². The van der Waals surface area contributed by atoms with Crippen LogP contribution in [0, 0.1) is 3.57 Å². The molecule has 2 aromatic heterocycles. The zero-order chi connectivity index (χ0) is 15.0. The minimum atomic E-state index is -4.69. The van der Waals surface area contributed by atoms with E-state index in [1.165, 1.54) is 24.3 Å². The molecule has 108 valence electrons. The summed E-state index contributed by atoms with van der Waals surface area (Å²) in [6.45, 7) is 0. The number of fused-ring (bicyclic) bond motifs is 1. The van der Waals surface area contributed by atoms with E-state index in [-0.39, 0.29) is 5.75 Å². The van der Waals surface area contributed by atoms with Crippen molar-refractivity contribution >= 4 is 28.1 Å². The van der Waals surface area contributed by atoms with Crippen molar-refractivity contribution in [2.45, 2.75) is 6.36 Å². The van der Waals surface area contributed by atoms with Gasteiger partial charge >= 0.3 is 6.36 Å². The number of rotatable bonds is 2. The average Bonchev–Trinajstić information content (AvgIpc) is 2.79. The van der Waals surface area contributed by atoms with Gasteiger partial charge in [0, 0.05) is 5.56 Å². The smallest absolute Gasteiger partial charge is 0.406 e. The van der Waals surface area contributed by atoms with Gasteiger partial charge in [-0.15, -0.1) is 13.2 Å². The lowest BCUT2D eigenvalue weighted by Gasteiger charge is -2.09. The topological polar surface area (TPSA) is 39.4 Å². The van der Waals surface area contributed by atoms with Crippen LogP contribution in [0.25, 0.3) is 16.8 Å². The molecule has 8 heteroatoms. The van der Waals surface area contributed by atoms with E-state index < -0.39 is 6.36 Å². The number of aromatic nitrogens is 3. The van der Waals surface area contributed by atoms with E-state index in [0.29, 0.717) is 11.3 Å². The Hall–Kier alpha value is -1.84. The molecule has 0 N–H and O–H groups in total. The van der Waals surface area contributed by atoms with Crippen molar-refractivity contribution in [1.82, 2.24) is 14.6 Å². The van der Waals surface area contributed by atoms with Crippen molar-refractivity contribution in [3.8, 4) is 17.0 Å². The van der Waals surface area contributed by atoms with Crippen LogP contribution in [-0.2, 0) is 0 Å². The van der Waals surface area contributed by atoms with Gasteiger partial charge in [0.05, 0.1) is 21.0 Å². The number of hydrogen-bond donors (Lipinski definition) is 0. The molecule has 0 aliphatic rings. The fourth-order valence-electron chi connectivity index (χ4n) is 1.85. The van der Waals surface area contributed by atoms with Gasteiger partial charge < -0.3 is 4.74 Å². The Kier molecular flexibility index (Phi) is 3.47. The van der Waals surface area contributed by atoms with Crippen LogP contribution < -0.4 is 4.74 Å². The maximum Gasteiger partial charge on any atom is 0.573 e. The van der Waals surface area contributed by atoms with Crippen molar-refractivity contribution in [1.29, 1.82) is 0 Å². The summed E-state index contributed by atoms with van der Waals surface area (Å²) in [6.07, 6.45) is -1.42. The third kappa shape index (κ3) is 3.09.